The van der Waals surface area contributed by atoms with Crippen LogP contribution in [0, 0.1) is 0 Å². The lowest BCUT2D eigenvalue weighted by Crippen LogP contribution is -2.40. The third-order valence-corrected chi connectivity index (χ3v) is 5.28. The van der Waals surface area contributed by atoms with Crippen molar-refractivity contribution in [3.8, 4) is 5.75 Å². The highest BCUT2D eigenvalue weighted by Crippen LogP contribution is 2.41. The van der Waals surface area contributed by atoms with Crippen LogP contribution in [0.4, 0.5) is 0 Å². The van der Waals surface area contributed by atoms with Gasteiger partial charge in [0.2, 0.25) is 0 Å². The van der Waals surface area contributed by atoms with Gasteiger partial charge in [0.1, 0.15) is 5.75 Å². The van der Waals surface area contributed by atoms with Gasteiger partial charge in [0.25, 0.3) is 5.91 Å². The molecule has 0 unspecified atom stereocenters. The zero-order chi connectivity index (χ0) is 17.1. The van der Waals surface area contributed by atoms with E-state index < -0.39 is 0 Å². The van der Waals surface area contributed by atoms with Gasteiger partial charge in [0.15, 0.2) is 0 Å². The fourth-order valence-electron chi connectivity index (χ4n) is 3.73. The summed E-state index contributed by atoms with van der Waals surface area (Å²) in [6, 6.07) is 18.3. The molecular formula is C22H25NO2. The minimum Gasteiger partial charge on any atom is -0.490 e. The van der Waals surface area contributed by atoms with E-state index in [2.05, 4.69) is 11.4 Å². The van der Waals surface area contributed by atoms with Crippen molar-refractivity contribution in [3.63, 3.8) is 0 Å². The van der Waals surface area contributed by atoms with Crippen LogP contribution in [-0.4, -0.2) is 18.1 Å². The molecule has 2 aromatic rings. The molecule has 0 aromatic heterocycles. The Labute approximate surface area is 149 Å². The highest BCUT2D eigenvalue weighted by molar-refractivity contribution is 5.96. The van der Waals surface area contributed by atoms with Gasteiger partial charge in [-0.3, -0.25) is 4.79 Å². The number of carbonyl (C=O) groups excluding carboxylic acids is 1. The molecule has 1 amide bonds. The average Bonchev–Trinajstić information content (AvgIpc) is 3.49. The molecule has 1 N–H and O–H groups in total. The van der Waals surface area contributed by atoms with Gasteiger partial charge in [-0.25, -0.2) is 0 Å². The number of carbonyl (C=O) groups is 1. The maximum atomic E-state index is 12.7. The maximum Gasteiger partial charge on any atom is 0.251 e. The third kappa shape index (κ3) is 4.04. The Balaban J connectivity index is 1.31. The van der Waals surface area contributed by atoms with Crippen LogP contribution in [0.2, 0.25) is 0 Å². The minimum atomic E-state index is 0.0925. The summed E-state index contributed by atoms with van der Waals surface area (Å²) < 4.78 is 6.04. The third-order valence-electron chi connectivity index (χ3n) is 5.28. The molecule has 3 heteroatoms. The molecule has 4 rings (SSSR count). The number of amides is 1. The first-order valence-electron chi connectivity index (χ1n) is 9.41. The van der Waals surface area contributed by atoms with Crippen LogP contribution in [0.15, 0.2) is 54.6 Å². The fourth-order valence-corrected chi connectivity index (χ4v) is 3.73. The lowest BCUT2D eigenvalue weighted by atomic mass is 9.92. The van der Waals surface area contributed by atoms with Gasteiger partial charge in [-0.05, 0) is 68.2 Å². The standard InChI is InChI=1S/C22H25NO2/c24-22(21-9-5-4-8-20(21)16-10-11-16)23-17-12-14-19(15-13-17)25-18-6-2-1-3-7-18/h1-9,16-17,19H,10-15H2,(H,23,24). The van der Waals surface area contributed by atoms with Gasteiger partial charge < -0.3 is 10.1 Å². The molecule has 0 bridgehead atoms. The van der Waals surface area contributed by atoms with Crippen LogP contribution >= 0.6 is 0 Å². The molecule has 0 atom stereocenters. The summed E-state index contributed by atoms with van der Waals surface area (Å²) >= 11 is 0. The molecule has 0 heterocycles. The zero-order valence-electron chi connectivity index (χ0n) is 14.5. The van der Waals surface area contributed by atoms with Crippen molar-refractivity contribution in [2.75, 3.05) is 0 Å². The predicted octanol–water partition coefficient (Wildman–Crippen LogP) is 4.68. The monoisotopic (exact) mass is 335 g/mol. The molecule has 0 radical (unpaired) electrons. The molecule has 0 spiro atoms. The van der Waals surface area contributed by atoms with E-state index in [-0.39, 0.29) is 18.1 Å². The fraction of sp³-hybridized carbons (Fsp3) is 0.409. The predicted molar refractivity (Wildman–Crippen MR) is 99.0 cm³/mol. The molecule has 0 saturated heterocycles. The second kappa shape index (κ2) is 7.30. The smallest absolute Gasteiger partial charge is 0.251 e. The summed E-state index contributed by atoms with van der Waals surface area (Å²) in [7, 11) is 0. The first-order chi connectivity index (χ1) is 12.3. The number of para-hydroxylation sites is 1. The second-order valence-corrected chi connectivity index (χ2v) is 7.24. The second-order valence-electron chi connectivity index (χ2n) is 7.24. The molecule has 2 aliphatic rings. The summed E-state index contributed by atoms with van der Waals surface area (Å²) in [6.07, 6.45) is 6.63. The number of benzene rings is 2. The van der Waals surface area contributed by atoms with Crippen molar-refractivity contribution in [1.82, 2.24) is 5.32 Å². The summed E-state index contributed by atoms with van der Waals surface area (Å²) in [5, 5.41) is 3.25. The molecule has 2 aromatic carbocycles. The van der Waals surface area contributed by atoms with Gasteiger partial charge >= 0.3 is 0 Å². The van der Waals surface area contributed by atoms with Gasteiger partial charge in [0, 0.05) is 11.6 Å². The number of nitrogens with one attached hydrogen (secondary N) is 1. The molecule has 2 aliphatic carbocycles. The van der Waals surface area contributed by atoms with Crippen molar-refractivity contribution in [2.24, 2.45) is 0 Å². The Kier molecular flexibility index (Phi) is 4.73. The van der Waals surface area contributed by atoms with Crippen LogP contribution in [0.5, 0.6) is 5.75 Å². The van der Waals surface area contributed by atoms with Crippen molar-refractivity contribution >= 4 is 5.91 Å². The van der Waals surface area contributed by atoms with Gasteiger partial charge in [-0.2, -0.15) is 0 Å². The first-order valence-corrected chi connectivity index (χ1v) is 9.41. The number of hydrogen-bond acceptors (Lipinski definition) is 2. The van der Waals surface area contributed by atoms with Crippen LogP contribution in [0.25, 0.3) is 0 Å². The molecular weight excluding hydrogens is 310 g/mol. The lowest BCUT2D eigenvalue weighted by Gasteiger charge is -2.29. The Morgan fingerprint density at radius 2 is 1.52 bits per heavy atom. The van der Waals surface area contributed by atoms with Gasteiger partial charge in [-0.15, -0.1) is 0 Å². The Bertz CT molecular complexity index is 716. The maximum absolute atomic E-state index is 12.7. The highest BCUT2D eigenvalue weighted by atomic mass is 16.5. The van der Waals surface area contributed by atoms with Crippen molar-refractivity contribution in [1.29, 1.82) is 0 Å². The van der Waals surface area contributed by atoms with Crippen LogP contribution in [0.1, 0.15) is 60.4 Å². The van der Waals surface area contributed by atoms with E-state index in [0.29, 0.717) is 5.92 Å². The van der Waals surface area contributed by atoms with E-state index >= 15 is 0 Å². The Morgan fingerprint density at radius 3 is 2.24 bits per heavy atom. The Hall–Kier alpha value is -2.29. The molecule has 2 saturated carbocycles. The van der Waals surface area contributed by atoms with E-state index in [1.54, 1.807) is 0 Å². The number of rotatable bonds is 5. The summed E-state index contributed by atoms with van der Waals surface area (Å²) in [4.78, 5) is 12.7. The number of ether oxygens (including phenoxy) is 1. The largest absolute Gasteiger partial charge is 0.490 e. The van der Waals surface area contributed by atoms with Crippen molar-refractivity contribution in [3.05, 3.63) is 65.7 Å². The molecule has 3 nitrogen and oxygen atoms in total. The van der Waals surface area contributed by atoms with Crippen LogP contribution in [-0.2, 0) is 0 Å². The Morgan fingerprint density at radius 1 is 0.840 bits per heavy atom. The normalized spacial score (nSPS) is 23.0. The summed E-state index contributed by atoms with van der Waals surface area (Å²) in [6.45, 7) is 0. The summed E-state index contributed by atoms with van der Waals surface area (Å²) in [5.74, 6) is 1.63. The molecule has 2 fully saturated rings. The first kappa shape index (κ1) is 16.2. The van der Waals surface area contributed by atoms with Gasteiger partial charge in [0.05, 0.1) is 6.10 Å². The lowest BCUT2D eigenvalue weighted by molar-refractivity contribution is 0.0893. The molecule has 25 heavy (non-hydrogen) atoms. The van der Waals surface area contributed by atoms with Crippen molar-refractivity contribution in [2.45, 2.75) is 56.6 Å². The number of hydrogen-bond donors (Lipinski definition) is 1. The van der Waals surface area contributed by atoms with Gasteiger partial charge in [-0.1, -0.05) is 36.4 Å². The van der Waals surface area contributed by atoms with Crippen LogP contribution in [0.3, 0.4) is 0 Å². The topological polar surface area (TPSA) is 38.3 Å². The quantitative estimate of drug-likeness (QED) is 0.861. The molecule has 130 valence electrons. The van der Waals surface area contributed by atoms with Crippen molar-refractivity contribution < 1.29 is 9.53 Å². The zero-order valence-corrected chi connectivity index (χ0v) is 14.5. The van der Waals surface area contributed by atoms with E-state index in [9.17, 15) is 4.79 Å². The summed E-state index contributed by atoms with van der Waals surface area (Å²) in [5.41, 5.74) is 2.09. The van der Waals surface area contributed by atoms with E-state index in [1.807, 2.05) is 48.5 Å². The van der Waals surface area contributed by atoms with E-state index in [4.69, 9.17) is 4.74 Å². The van der Waals surface area contributed by atoms with Crippen LogP contribution < -0.4 is 10.1 Å². The minimum absolute atomic E-state index is 0.0925. The molecule has 0 aliphatic heterocycles. The highest BCUT2D eigenvalue weighted by Gasteiger charge is 2.29. The van der Waals surface area contributed by atoms with E-state index in [0.717, 1.165) is 37.0 Å². The average molecular weight is 335 g/mol. The SMILES string of the molecule is O=C(NC1CCC(Oc2ccccc2)CC1)c1ccccc1C1CC1. The van der Waals surface area contributed by atoms with E-state index in [1.165, 1.54) is 18.4 Å².